The van der Waals surface area contributed by atoms with Gasteiger partial charge in [-0.15, -0.1) is 11.6 Å². The Bertz CT molecular complexity index is 427. The summed E-state index contributed by atoms with van der Waals surface area (Å²) in [7, 11) is 0. The van der Waals surface area contributed by atoms with Crippen LogP contribution in [0.5, 0.6) is 0 Å². The molecule has 3 nitrogen and oxygen atoms in total. The Morgan fingerprint density at radius 1 is 1.59 bits per heavy atom. The standard InChI is InChI=1S/C10H9Cl2F2NO2/c1-2-17-10(16)7-5(9(13)14)4-15-6(3-11)8(7)12/h4,9H,2-3H2,1H3. The molecule has 0 aliphatic rings. The maximum atomic E-state index is 12.7. The van der Waals surface area contributed by atoms with Crippen LogP contribution in [0.1, 0.15) is 35.0 Å². The van der Waals surface area contributed by atoms with Gasteiger partial charge in [-0.05, 0) is 6.92 Å². The fourth-order valence-corrected chi connectivity index (χ4v) is 1.78. The molecule has 0 atom stereocenters. The molecule has 94 valence electrons. The zero-order valence-electron chi connectivity index (χ0n) is 8.84. The van der Waals surface area contributed by atoms with E-state index in [1.165, 1.54) is 0 Å². The Labute approximate surface area is 107 Å². The average Bonchev–Trinajstić information content (AvgIpc) is 2.28. The molecule has 1 aromatic heterocycles. The Hall–Kier alpha value is -0.940. The molecule has 0 unspecified atom stereocenters. The lowest BCUT2D eigenvalue weighted by Gasteiger charge is -2.11. The minimum absolute atomic E-state index is 0.0658. The number of hydrogen-bond acceptors (Lipinski definition) is 3. The minimum atomic E-state index is -2.86. The number of alkyl halides is 3. The van der Waals surface area contributed by atoms with Crippen molar-refractivity contribution in [1.29, 1.82) is 0 Å². The summed E-state index contributed by atoms with van der Waals surface area (Å²) >= 11 is 11.3. The second kappa shape index (κ2) is 6.12. The Balaban J connectivity index is 3.34. The Morgan fingerprint density at radius 2 is 2.24 bits per heavy atom. The molecule has 0 amide bonds. The van der Waals surface area contributed by atoms with Crippen molar-refractivity contribution in [2.24, 2.45) is 0 Å². The van der Waals surface area contributed by atoms with Crippen molar-refractivity contribution >= 4 is 29.2 Å². The van der Waals surface area contributed by atoms with Crippen molar-refractivity contribution in [3.63, 3.8) is 0 Å². The maximum absolute atomic E-state index is 12.7. The Morgan fingerprint density at radius 3 is 2.71 bits per heavy atom. The summed E-state index contributed by atoms with van der Waals surface area (Å²) in [5, 5.41) is -0.184. The number of halogens is 4. The second-order valence-corrected chi connectivity index (χ2v) is 3.65. The number of carbonyl (C=O) groups excluding carboxylic acids is 1. The number of rotatable bonds is 4. The predicted molar refractivity (Wildman–Crippen MR) is 59.7 cm³/mol. The number of hydrogen-bond donors (Lipinski definition) is 0. The zero-order chi connectivity index (χ0) is 13.0. The number of pyridine rings is 1. The van der Waals surface area contributed by atoms with Crippen molar-refractivity contribution in [1.82, 2.24) is 4.98 Å². The van der Waals surface area contributed by atoms with Gasteiger partial charge in [0.1, 0.15) is 0 Å². The van der Waals surface area contributed by atoms with Gasteiger partial charge in [0.15, 0.2) is 0 Å². The Kier molecular flexibility index (Phi) is 5.08. The van der Waals surface area contributed by atoms with Crippen molar-refractivity contribution in [2.45, 2.75) is 19.2 Å². The average molecular weight is 284 g/mol. The lowest BCUT2D eigenvalue weighted by molar-refractivity contribution is 0.0515. The molecule has 0 radical (unpaired) electrons. The molecule has 0 aliphatic heterocycles. The van der Waals surface area contributed by atoms with Crippen molar-refractivity contribution < 1.29 is 18.3 Å². The van der Waals surface area contributed by atoms with Gasteiger partial charge in [-0.3, -0.25) is 4.98 Å². The molecule has 0 saturated heterocycles. The molecule has 1 aromatic rings. The predicted octanol–water partition coefficient (Wildman–Crippen LogP) is 3.59. The number of nitrogens with zero attached hydrogens (tertiary/aromatic N) is 1. The quantitative estimate of drug-likeness (QED) is 0.626. The van der Waals surface area contributed by atoms with E-state index >= 15 is 0 Å². The zero-order valence-corrected chi connectivity index (χ0v) is 10.4. The van der Waals surface area contributed by atoms with Crippen molar-refractivity contribution in [3.05, 3.63) is 28.0 Å². The van der Waals surface area contributed by atoms with Gasteiger partial charge in [-0.25, -0.2) is 13.6 Å². The van der Waals surface area contributed by atoms with Crippen LogP contribution >= 0.6 is 23.2 Å². The highest BCUT2D eigenvalue weighted by Crippen LogP contribution is 2.30. The van der Waals surface area contributed by atoms with Crippen LogP contribution in [0.4, 0.5) is 8.78 Å². The number of esters is 1. The van der Waals surface area contributed by atoms with Crippen LogP contribution in [0.2, 0.25) is 5.02 Å². The van der Waals surface area contributed by atoms with Crippen LogP contribution in [0.25, 0.3) is 0 Å². The number of aromatic nitrogens is 1. The summed E-state index contributed by atoms with van der Waals surface area (Å²) < 4.78 is 30.1. The first kappa shape index (κ1) is 14.1. The fourth-order valence-electron chi connectivity index (χ4n) is 1.21. The monoisotopic (exact) mass is 283 g/mol. The van der Waals surface area contributed by atoms with Crippen LogP contribution in [0.3, 0.4) is 0 Å². The normalized spacial score (nSPS) is 10.7. The number of ether oxygens (including phenoxy) is 1. The van der Waals surface area contributed by atoms with Gasteiger partial charge >= 0.3 is 5.97 Å². The molecule has 0 bridgehead atoms. The highest BCUT2D eigenvalue weighted by molar-refractivity contribution is 6.35. The third-order valence-electron chi connectivity index (χ3n) is 1.96. The summed E-state index contributed by atoms with van der Waals surface area (Å²) in [4.78, 5) is 15.2. The van der Waals surface area contributed by atoms with Gasteiger partial charge in [0, 0.05) is 6.20 Å². The molecule has 0 N–H and O–H groups in total. The molecule has 7 heteroatoms. The molecular formula is C10H9Cl2F2NO2. The van der Waals surface area contributed by atoms with Gasteiger partial charge in [0.25, 0.3) is 6.43 Å². The van der Waals surface area contributed by atoms with E-state index in [-0.39, 0.29) is 28.8 Å². The van der Waals surface area contributed by atoms with Gasteiger partial charge in [0.05, 0.1) is 34.3 Å². The smallest absolute Gasteiger partial charge is 0.340 e. The summed E-state index contributed by atoms with van der Waals surface area (Å²) in [6, 6.07) is 0. The van der Waals surface area contributed by atoms with E-state index in [1.54, 1.807) is 6.92 Å². The highest BCUT2D eigenvalue weighted by atomic mass is 35.5. The molecule has 0 aromatic carbocycles. The summed E-state index contributed by atoms with van der Waals surface area (Å²) in [6.45, 7) is 1.63. The van der Waals surface area contributed by atoms with Crippen molar-refractivity contribution in [3.8, 4) is 0 Å². The largest absolute Gasteiger partial charge is 0.462 e. The van der Waals surface area contributed by atoms with Gasteiger partial charge in [-0.2, -0.15) is 0 Å². The molecule has 0 fully saturated rings. The summed E-state index contributed by atoms with van der Waals surface area (Å²) in [5.41, 5.74) is -0.753. The lowest BCUT2D eigenvalue weighted by Crippen LogP contribution is -2.11. The third-order valence-corrected chi connectivity index (χ3v) is 2.62. The fraction of sp³-hybridized carbons (Fsp3) is 0.400. The molecule has 1 heterocycles. The molecule has 0 aliphatic carbocycles. The van der Waals surface area contributed by atoms with E-state index in [2.05, 4.69) is 9.72 Å². The molecule has 0 saturated carbocycles. The van der Waals surface area contributed by atoms with E-state index in [0.29, 0.717) is 0 Å². The van der Waals surface area contributed by atoms with Crippen LogP contribution in [-0.4, -0.2) is 17.6 Å². The topological polar surface area (TPSA) is 39.2 Å². The van der Waals surface area contributed by atoms with Crippen molar-refractivity contribution in [2.75, 3.05) is 6.61 Å². The van der Waals surface area contributed by atoms with Crippen LogP contribution in [-0.2, 0) is 10.6 Å². The first-order valence-corrected chi connectivity index (χ1v) is 5.62. The van der Waals surface area contributed by atoms with Gasteiger partial charge in [0.2, 0.25) is 0 Å². The van der Waals surface area contributed by atoms with Gasteiger partial charge < -0.3 is 4.74 Å². The van der Waals surface area contributed by atoms with E-state index in [4.69, 9.17) is 23.2 Å². The first-order valence-electron chi connectivity index (χ1n) is 4.71. The minimum Gasteiger partial charge on any atom is -0.462 e. The third kappa shape index (κ3) is 3.04. The molecule has 1 rings (SSSR count). The van der Waals surface area contributed by atoms with E-state index in [0.717, 1.165) is 6.20 Å². The number of carbonyl (C=O) groups is 1. The second-order valence-electron chi connectivity index (χ2n) is 3.00. The first-order chi connectivity index (χ1) is 8.02. The van der Waals surface area contributed by atoms with E-state index in [9.17, 15) is 13.6 Å². The van der Waals surface area contributed by atoms with Gasteiger partial charge in [-0.1, -0.05) is 11.6 Å². The maximum Gasteiger partial charge on any atom is 0.340 e. The highest BCUT2D eigenvalue weighted by Gasteiger charge is 2.25. The van der Waals surface area contributed by atoms with Crippen LogP contribution < -0.4 is 0 Å². The molecular weight excluding hydrogens is 275 g/mol. The SMILES string of the molecule is CCOC(=O)c1c(C(F)F)cnc(CCl)c1Cl. The lowest BCUT2D eigenvalue weighted by atomic mass is 10.1. The summed E-state index contributed by atoms with van der Waals surface area (Å²) in [6.07, 6.45) is -1.97. The van der Waals surface area contributed by atoms with E-state index < -0.39 is 18.0 Å². The van der Waals surface area contributed by atoms with E-state index in [1.807, 2.05) is 0 Å². The van der Waals surface area contributed by atoms with Crippen LogP contribution in [0.15, 0.2) is 6.20 Å². The molecule has 0 spiro atoms. The molecule has 17 heavy (non-hydrogen) atoms. The van der Waals surface area contributed by atoms with Crippen LogP contribution in [0, 0.1) is 0 Å². The summed E-state index contributed by atoms with van der Waals surface area (Å²) in [5.74, 6) is -0.976.